The number of hydrogen-bond acceptors (Lipinski definition) is 5. The summed E-state index contributed by atoms with van der Waals surface area (Å²) in [7, 11) is 0.183. The zero-order valence-electron chi connectivity index (χ0n) is 11.2. The molecule has 0 amide bonds. The predicted molar refractivity (Wildman–Crippen MR) is 86.1 cm³/mol. The van der Waals surface area contributed by atoms with Crippen molar-refractivity contribution in [3.05, 3.63) is 33.7 Å². The molecule has 0 aliphatic carbocycles. The second-order valence-electron chi connectivity index (χ2n) is 4.43. The molecular weight excluding hydrogens is 362 g/mol. The van der Waals surface area contributed by atoms with E-state index in [0.717, 1.165) is 15.2 Å². The molecule has 2 heterocycles. The number of aromatic nitrogens is 1. The normalized spacial score (nSPS) is 11.4. The quantitative estimate of drug-likeness (QED) is 0.891. The van der Waals surface area contributed by atoms with Crippen LogP contribution in [0.4, 0.5) is 11.5 Å². The number of anilines is 2. The van der Waals surface area contributed by atoms with Gasteiger partial charge >= 0.3 is 0 Å². The molecule has 0 aliphatic rings. The molecule has 0 radical (unpaired) electrons. The van der Waals surface area contributed by atoms with Crippen LogP contribution in [0.15, 0.2) is 32.4 Å². The van der Waals surface area contributed by atoms with Gasteiger partial charge in [0.15, 0.2) is 0 Å². The van der Waals surface area contributed by atoms with Gasteiger partial charge in [-0.3, -0.25) is 4.72 Å². The Morgan fingerprint density at radius 3 is 2.50 bits per heavy atom. The number of nitrogens with one attached hydrogen (secondary N) is 1. The first-order chi connectivity index (χ1) is 9.29. The van der Waals surface area contributed by atoms with Gasteiger partial charge in [-0.25, -0.2) is 13.4 Å². The lowest BCUT2D eigenvalue weighted by molar-refractivity contribution is 0.603. The molecule has 0 bridgehead atoms. The van der Waals surface area contributed by atoms with E-state index in [9.17, 15) is 8.42 Å². The highest BCUT2D eigenvalue weighted by Crippen LogP contribution is 2.31. The third-order valence-electron chi connectivity index (χ3n) is 2.56. The van der Waals surface area contributed by atoms with Crippen LogP contribution >= 0.6 is 27.3 Å². The number of sulfonamides is 1. The summed E-state index contributed by atoms with van der Waals surface area (Å²) < 4.78 is 28.1. The maximum atomic E-state index is 12.2. The smallest absolute Gasteiger partial charge is 0.271 e. The van der Waals surface area contributed by atoms with Crippen LogP contribution in [-0.2, 0) is 10.0 Å². The van der Waals surface area contributed by atoms with Gasteiger partial charge in [-0.05, 0) is 46.6 Å². The Bertz CT molecular complexity index is 689. The molecule has 2 aromatic rings. The van der Waals surface area contributed by atoms with Crippen molar-refractivity contribution in [2.45, 2.75) is 11.1 Å². The van der Waals surface area contributed by atoms with E-state index in [1.165, 1.54) is 17.5 Å². The largest absolute Gasteiger partial charge is 0.363 e. The average molecular weight is 376 g/mol. The second kappa shape index (κ2) is 5.71. The molecule has 8 heteroatoms. The Morgan fingerprint density at radius 2 is 2.05 bits per heavy atom. The fraction of sp³-hybridized carbons (Fsp3) is 0.250. The van der Waals surface area contributed by atoms with Gasteiger partial charge in [-0.1, -0.05) is 0 Å². The van der Waals surface area contributed by atoms with Crippen LogP contribution in [0.3, 0.4) is 0 Å². The molecular formula is C12H14BrN3O2S2. The first-order valence-corrected chi connectivity index (χ1v) is 8.81. The van der Waals surface area contributed by atoms with E-state index >= 15 is 0 Å². The number of hydrogen-bond donors (Lipinski definition) is 1. The number of aryl methyl sites for hydroxylation is 1. The van der Waals surface area contributed by atoms with Crippen molar-refractivity contribution in [3.63, 3.8) is 0 Å². The summed E-state index contributed by atoms with van der Waals surface area (Å²) in [4.78, 5) is 6.02. The van der Waals surface area contributed by atoms with Gasteiger partial charge in [-0.2, -0.15) is 0 Å². The molecule has 2 rings (SSSR count). The van der Waals surface area contributed by atoms with Crippen molar-refractivity contribution in [2.75, 3.05) is 23.7 Å². The highest BCUT2D eigenvalue weighted by Gasteiger charge is 2.18. The molecule has 0 fully saturated rings. The van der Waals surface area contributed by atoms with Crippen molar-refractivity contribution in [1.29, 1.82) is 0 Å². The lowest BCUT2D eigenvalue weighted by Gasteiger charge is -2.11. The van der Waals surface area contributed by atoms with Crippen molar-refractivity contribution in [1.82, 2.24) is 4.98 Å². The van der Waals surface area contributed by atoms with E-state index in [-0.39, 0.29) is 4.21 Å². The van der Waals surface area contributed by atoms with Gasteiger partial charge in [0.25, 0.3) is 10.0 Å². The van der Waals surface area contributed by atoms with Crippen LogP contribution in [-0.4, -0.2) is 27.5 Å². The minimum atomic E-state index is -3.56. The maximum Gasteiger partial charge on any atom is 0.271 e. The first kappa shape index (κ1) is 15.3. The first-order valence-electron chi connectivity index (χ1n) is 5.72. The van der Waals surface area contributed by atoms with Crippen molar-refractivity contribution in [3.8, 4) is 0 Å². The summed E-state index contributed by atoms with van der Waals surface area (Å²) in [6.45, 7) is 1.85. The molecule has 0 unspecified atom stereocenters. The minimum absolute atomic E-state index is 0.276. The van der Waals surface area contributed by atoms with Crippen molar-refractivity contribution < 1.29 is 8.42 Å². The zero-order chi connectivity index (χ0) is 14.9. The highest BCUT2D eigenvalue weighted by molar-refractivity contribution is 9.11. The Morgan fingerprint density at radius 1 is 1.35 bits per heavy atom. The van der Waals surface area contributed by atoms with E-state index in [0.29, 0.717) is 5.69 Å². The molecule has 0 saturated heterocycles. The minimum Gasteiger partial charge on any atom is -0.363 e. The molecule has 0 spiro atoms. The second-order valence-corrected chi connectivity index (χ2v) is 8.71. The molecule has 1 N–H and O–H groups in total. The lowest BCUT2D eigenvalue weighted by Crippen LogP contribution is -2.13. The number of thiophene rings is 1. The predicted octanol–water partition coefficient (Wildman–Crippen LogP) is 3.08. The summed E-state index contributed by atoms with van der Waals surface area (Å²) in [6.07, 6.45) is 1.50. The van der Waals surface area contributed by atoms with Crippen LogP contribution in [0.25, 0.3) is 0 Å². The number of pyridine rings is 1. The summed E-state index contributed by atoms with van der Waals surface area (Å²) >= 11 is 4.51. The highest BCUT2D eigenvalue weighted by atomic mass is 79.9. The van der Waals surface area contributed by atoms with Crippen molar-refractivity contribution in [2.24, 2.45) is 0 Å². The third kappa shape index (κ3) is 3.31. The van der Waals surface area contributed by atoms with Crippen LogP contribution in [0, 0.1) is 6.92 Å². The van der Waals surface area contributed by atoms with Crippen LogP contribution < -0.4 is 9.62 Å². The third-order valence-corrected chi connectivity index (χ3v) is 6.55. The fourth-order valence-electron chi connectivity index (χ4n) is 1.48. The Kier molecular flexibility index (Phi) is 4.36. The number of rotatable bonds is 4. The number of nitrogens with zero attached hydrogens (tertiary/aromatic N) is 2. The molecule has 0 aromatic carbocycles. The maximum absolute atomic E-state index is 12.2. The number of halogens is 1. The monoisotopic (exact) mass is 375 g/mol. The van der Waals surface area contributed by atoms with E-state index in [1.807, 2.05) is 25.9 Å². The van der Waals surface area contributed by atoms with E-state index < -0.39 is 10.0 Å². The van der Waals surface area contributed by atoms with Gasteiger partial charge in [-0.15, -0.1) is 11.3 Å². The molecule has 0 atom stereocenters. The van der Waals surface area contributed by atoms with Gasteiger partial charge < -0.3 is 4.90 Å². The molecule has 2 aromatic heterocycles. The van der Waals surface area contributed by atoms with Gasteiger partial charge in [0, 0.05) is 14.1 Å². The van der Waals surface area contributed by atoms with Crippen LogP contribution in [0.5, 0.6) is 0 Å². The SMILES string of the molecule is Cc1cc(S(=O)(=O)Nc2ccc(N(C)C)nc2)sc1Br. The molecule has 20 heavy (non-hydrogen) atoms. The lowest BCUT2D eigenvalue weighted by atomic mass is 10.4. The summed E-state index contributed by atoms with van der Waals surface area (Å²) in [5.41, 5.74) is 1.34. The standard InChI is InChI=1S/C12H14BrN3O2S2/c1-8-6-11(19-12(8)13)20(17,18)15-9-4-5-10(14-7-9)16(2)3/h4-7,15H,1-3H3. The fourth-order valence-corrected chi connectivity index (χ4v) is 4.75. The zero-order valence-corrected chi connectivity index (χ0v) is 14.4. The van der Waals surface area contributed by atoms with E-state index in [2.05, 4.69) is 25.6 Å². The molecule has 0 saturated carbocycles. The Hall–Kier alpha value is -1.12. The van der Waals surface area contributed by atoms with Gasteiger partial charge in [0.2, 0.25) is 0 Å². The topological polar surface area (TPSA) is 62.3 Å². The molecule has 5 nitrogen and oxygen atoms in total. The van der Waals surface area contributed by atoms with Crippen molar-refractivity contribution >= 4 is 48.8 Å². The summed E-state index contributed by atoms with van der Waals surface area (Å²) in [5, 5.41) is 0. The summed E-state index contributed by atoms with van der Waals surface area (Å²) in [6, 6.07) is 5.08. The van der Waals surface area contributed by atoms with Crippen LogP contribution in [0.2, 0.25) is 0 Å². The van der Waals surface area contributed by atoms with Crippen LogP contribution in [0.1, 0.15) is 5.56 Å². The average Bonchev–Trinajstić information content (AvgIpc) is 2.71. The Labute approximate surface area is 130 Å². The molecule has 108 valence electrons. The van der Waals surface area contributed by atoms with E-state index in [1.54, 1.807) is 18.2 Å². The Balaban J connectivity index is 2.24. The summed E-state index contributed by atoms with van der Waals surface area (Å²) in [5.74, 6) is 0.766. The van der Waals surface area contributed by atoms with E-state index in [4.69, 9.17) is 0 Å². The van der Waals surface area contributed by atoms with Gasteiger partial charge in [0.1, 0.15) is 10.0 Å². The van der Waals surface area contributed by atoms with Gasteiger partial charge in [0.05, 0.1) is 15.7 Å². The molecule has 0 aliphatic heterocycles.